The van der Waals surface area contributed by atoms with Gasteiger partial charge in [0.05, 0.1) is 0 Å². The summed E-state index contributed by atoms with van der Waals surface area (Å²) in [6.07, 6.45) is 4.31. The van der Waals surface area contributed by atoms with Crippen LogP contribution in [0.15, 0.2) is 118 Å². The number of hydrogen-bond acceptors (Lipinski definition) is 2. The Morgan fingerprint density at radius 2 is 0.857 bits per heavy atom. The van der Waals surface area contributed by atoms with Crippen molar-refractivity contribution < 1.29 is 0 Å². The zero-order valence-corrected chi connectivity index (χ0v) is 17.0. The van der Waals surface area contributed by atoms with Gasteiger partial charge in [-0.2, -0.15) is 0 Å². The molecule has 0 aliphatic rings. The summed E-state index contributed by atoms with van der Waals surface area (Å²) in [4.78, 5) is 2.55. The van der Waals surface area contributed by atoms with Crippen LogP contribution in [0.4, 0.5) is 0 Å². The zero-order valence-electron chi connectivity index (χ0n) is 15.4. The molecule has 0 unspecified atom stereocenters. The second-order valence-corrected chi connectivity index (χ2v) is 8.17. The molecule has 0 saturated carbocycles. The molecule has 136 valence electrons. The van der Waals surface area contributed by atoms with E-state index in [4.69, 9.17) is 0 Å². The Morgan fingerprint density at radius 3 is 1.29 bits per heavy atom. The van der Waals surface area contributed by atoms with Crippen LogP contribution in [-0.4, -0.2) is 0 Å². The molecule has 0 radical (unpaired) electrons. The van der Waals surface area contributed by atoms with Crippen LogP contribution < -0.4 is 0 Å². The summed E-state index contributed by atoms with van der Waals surface area (Å²) < 4.78 is 0. The van der Waals surface area contributed by atoms with Crippen LogP contribution in [0.3, 0.4) is 0 Å². The van der Waals surface area contributed by atoms with Crippen molar-refractivity contribution in [3.05, 3.63) is 119 Å². The normalized spacial score (nSPS) is 11.6. The number of fused-ring (bicyclic) bond motifs is 1. The van der Waals surface area contributed by atoms with Gasteiger partial charge in [0.2, 0.25) is 0 Å². The number of hydrogen-bond donors (Lipinski definition) is 0. The first kappa shape index (κ1) is 18.7. The number of rotatable bonds is 6. The zero-order chi connectivity index (χ0) is 19.0. The highest BCUT2D eigenvalue weighted by Crippen LogP contribution is 2.35. The lowest BCUT2D eigenvalue weighted by molar-refractivity contribution is 1.48. The van der Waals surface area contributed by atoms with Gasteiger partial charge in [0.1, 0.15) is 0 Å². The third kappa shape index (κ3) is 4.78. The van der Waals surface area contributed by atoms with Gasteiger partial charge in [-0.1, -0.05) is 108 Å². The molecule has 0 N–H and O–H groups in total. The quantitative estimate of drug-likeness (QED) is 0.300. The van der Waals surface area contributed by atoms with Gasteiger partial charge in [0, 0.05) is 9.79 Å². The van der Waals surface area contributed by atoms with E-state index in [-0.39, 0.29) is 0 Å². The second-order valence-electron chi connectivity index (χ2n) is 6.27. The number of thioether (sulfide) groups is 2. The first-order chi connectivity index (χ1) is 13.9. The third-order valence-electron chi connectivity index (χ3n) is 4.35. The van der Waals surface area contributed by atoms with Gasteiger partial charge in [-0.15, -0.1) is 0 Å². The van der Waals surface area contributed by atoms with Crippen molar-refractivity contribution in [2.45, 2.75) is 9.79 Å². The first-order valence-corrected chi connectivity index (χ1v) is 10.9. The van der Waals surface area contributed by atoms with Gasteiger partial charge < -0.3 is 0 Å². The molecule has 4 aromatic carbocycles. The van der Waals surface area contributed by atoms with E-state index in [0.717, 1.165) is 0 Å². The molecule has 0 atom stereocenters. The van der Waals surface area contributed by atoms with Gasteiger partial charge in [-0.3, -0.25) is 0 Å². The van der Waals surface area contributed by atoms with Crippen LogP contribution in [0.2, 0.25) is 0 Å². The first-order valence-electron chi connectivity index (χ1n) is 9.18. The Bertz CT molecular complexity index is 1010. The van der Waals surface area contributed by atoms with Crippen LogP contribution in [0.5, 0.6) is 0 Å². The maximum atomic E-state index is 2.21. The fourth-order valence-corrected chi connectivity index (χ4v) is 4.63. The van der Waals surface area contributed by atoms with Crippen molar-refractivity contribution in [2.24, 2.45) is 0 Å². The maximum absolute atomic E-state index is 2.21. The lowest BCUT2D eigenvalue weighted by atomic mass is 10.1. The standard InChI is InChI=1S/C26H20S2/c1-3-9-21(10-4-1)17-19-27-25-15-7-14-24-23(25)13-8-16-26(24)28-20-18-22-11-5-2-6-12-22/h1-20H/b19-17+,20-18+. The molecule has 0 bridgehead atoms. The van der Waals surface area contributed by atoms with E-state index in [1.165, 1.54) is 31.7 Å². The molecule has 4 rings (SSSR count). The molecule has 0 spiro atoms. The molecule has 0 aromatic heterocycles. The summed E-state index contributed by atoms with van der Waals surface area (Å²) in [6.45, 7) is 0. The monoisotopic (exact) mass is 396 g/mol. The second kappa shape index (κ2) is 9.50. The summed E-state index contributed by atoms with van der Waals surface area (Å²) in [5, 5.41) is 6.92. The van der Waals surface area contributed by atoms with Gasteiger partial charge in [-0.05, 0) is 57.0 Å². The Morgan fingerprint density at radius 1 is 0.429 bits per heavy atom. The molecular weight excluding hydrogens is 376 g/mol. The predicted octanol–water partition coefficient (Wildman–Crippen LogP) is 8.37. The van der Waals surface area contributed by atoms with Crippen molar-refractivity contribution in [1.82, 2.24) is 0 Å². The highest BCUT2D eigenvalue weighted by molar-refractivity contribution is 8.02. The van der Waals surface area contributed by atoms with Crippen molar-refractivity contribution in [1.29, 1.82) is 0 Å². The SMILES string of the molecule is C(=C\c1ccccc1)/Sc1cccc2c(S/C=C/c3ccccc3)cccc12. The minimum absolute atomic E-state index is 1.22. The van der Waals surface area contributed by atoms with Crippen LogP contribution >= 0.6 is 23.5 Å². The van der Waals surface area contributed by atoms with E-state index >= 15 is 0 Å². The molecule has 0 saturated heterocycles. The van der Waals surface area contributed by atoms with E-state index in [1.807, 2.05) is 12.1 Å². The van der Waals surface area contributed by atoms with Crippen molar-refractivity contribution in [3.8, 4) is 0 Å². The van der Waals surface area contributed by atoms with Crippen molar-refractivity contribution in [3.63, 3.8) is 0 Å². The summed E-state index contributed by atoms with van der Waals surface area (Å²) in [5.74, 6) is 0. The molecule has 28 heavy (non-hydrogen) atoms. The van der Waals surface area contributed by atoms with Crippen molar-refractivity contribution >= 4 is 46.4 Å². The fourth-order valence-electron chi connectivity index (χ4n) is 2.96. The van der Waals surface area contributed by atoms with Gasteiger partial charge in [0.25, 0.3) is 0 Å². The van der Waals surface area contributed by atoms with Gasteiger partial charge in [0.15, 0.2) is 0 Å². The topological polar surface area (TPSA) is 0 Å². The largest absolute Gasteiger partial charge is 0.0974 e. The van der Waals surface area contributed by atoms with Crippen molar-refractivity contribution in [2.75, 3.05) is 0 Å². The van der Waals surface area contributed by atoms with E-state index in [1.54, 1.807) is 23.5 Å². The number of benzene rings is 4. The van der Waals surface area contributed by atoms with E-state index in [9.17, 15) is 0 Å². The van der Waals surface area contributed by atoms with E-state index in [2.05, 4.69) is 108 Å². The summed E-state index contributed by atoms with van der Waals surface area (Å²) >= 11 is 3.53. The fraction of sp³-hybridized carbons (Fsp3) is 0. The molecule has 0 amide bonds. The molecular formula is C26H20S2. The third-order valence-corrected chi connectivity index (χ3v) is 6.12. The highest BCUT2D eigenvalue weighted by atomic mass is 32.2. The Hall–Kier alpha value is -2.68. The average Bonchev–Trinajstić information content (AvgIpc) is 2.76. The molecule has 0 heterocycles. The smallest absolute Gasteiger partial charge is 0.0195 e. The average molecular weight is 397 g/mol. The Kier molecular flexibility index (Phi) is 6.33. The van der Waals surface area contributed by atoms with E-state index < -0.39 is 0 Å². The Balaban J connectivity index is 1.54. The predicted molar refractivity (Wildman–Crippen MR) is 127 cm³/mol. The minimum Gasteiger partial charge on any atom is -0.0974 e. The molecule has 0 fully saturated rings. The molecule has 0 aliphatic heterocycles. The molecule has 2 heteroatoms. The summed E-state index contributed by atoms with van der Waals surface area (Å²) in [6, 6.07) is 33.9. The van der Waals surface area contributed by atoms with Gasteiger partial charge in [-0.25, -0.2) is 0 Å². The van der Waals surface area contributed by atoms with Crippen LogP contribution in [0.1, 0.15) is 11.1 Å². The summed E-state index contributed by atoms with van der Waals surface area (Å²) in [5.41, 5.74) is 2.44. The molecule has 0 aliphatic carbocycles. The highest BCUT2D eigenvalue weighted by Gasteiger charge is 2.04. The van der Waals surface area contributed by atoms with Gasteiger partial charge >= 0.3 is 0 Å². The lowest BCUT2D eigenvalue weighted by Gasteiger charge is -2.07. The maximum Gasteiger partial charge on any atom is 0.0195 e. The van der Waals surface area contributed by atoms with Crippen LogP contribution in [-0.2, 0) is 0 Å². The van der Waals surface area contributed by atoms with Crippen LogP contribution in [0.25, 0.3) is 22.9 Å². The minimum atomic E-state index is 1.22. The molecule has 4 aromatic rings. The Labute approximate surface area is 175 Å². The van der Waals surface area contributed by atoms with E-state index in [0.29, 0.717) is 0 Å². The molecule has 0 nitrogen and oxygen atoms in total. The van der Waals surface area contributed by atoms with Crippen LogP contribution in [0, 0.1) is 0 Å². The lowest BCUT2D eigenvalue weighted by Crippen LogP contribution is -1.79. The summed E-state index contributed by atoms with van der Waals surface area (Å²) in [7, 11) is 0.